The smallest absolute Gasteiger partial charge is 0.394 e. The van der Waals surface area contributed by atoms with Gasteiger partial charge in [0, 0.05) is 0 Å². The van der Waals surface area contributed by atoms with Gasteiger partial charge in [-0.15, -0.1) is 0 Å². The lowest BCUT2D eigenvalue weighted by Crippen LogP contribution is -2.23. The van der Waals surface area contributed by atoms with Crippen LogP contribution in [0.25, 0.3) is 0 Å². The molecule has 6 heteroatoms. The Kier molecular flexibility index (Phi) is 7.82. The minimum atomic E-state index is -3.84. The maximum Gasteiger partial charge on any atom is 0.475 e. The van der Waals surface area contributed by atoms with Crippen LogP contribution in [-0.2, 0) is 31.4 Å². The van der Waals surface area contributed by atoms with Crippen LogP contribution < -0.4 is 0 Å². The Labute approximate surface area is 149 Å². The highest BCUT2D eigenvalue weighted by atomic mass is 31.2. The van der Waals surface area contributed by atoms with Crippen LogP contribution in [0.2, 0.25) is 0 Å². The molecule has 2 aromatic carbocycles. The number of phosphoric ester groups is 1. The lowest BCUT2D eigenvalue weighted by Gasteiger charge is -2.25. The van der Waals surface area contributed by atoms with Gasteiger partial charge >= 0.3 is 7.82 Å². The number of aliphatic hydroxyl groups excluding tert-OH is 1. The number of benzene rings is 2. The molecule has 1 unspecified atom stereocenters. The zero-order chi connectivity index (χ0) is 18.1. The van der Waals surface area contributed by atoms with Gasteiger partial charge in [-0.3, -0.25) is 13.6 Å². The van der Waals surface area contributed by atoms with Gasteiger partial charge in [0.25, 0.3) is 0 Å². The van der Waals surface area contributed by atoms with E-state index in [1.807, 2.05) is 74.5 Å². The van der Waals surface area contributed by atoms with Crippen molar-refractivity contribution in [2.45, 2.75) is 33.2 Å². The Bertz CT molecular complexity index is 613. The summed E-state index contributed by atoms with van der Waals surface area (Å²) < 4.78 is 29.6. The third kappa shape index (κ3) is 6.73. The predicted octanol–water partition coefficient (Wildman–Crippen LogP) is 4.56. The first-order valence-corrected chi connectivity index (χ1v) is 9.74. The second kappa shape index (κ2) is 9.85. The average molecular weight is 364 g/mol. The molecule has 0 aliphatic carbocycles. The lowest BCUT2D eigenvalue weighted by molar-refractivity contribution is 0.0219. The van der Waals surface area contributed by atoms with Crippen molar-refractivity contribution in [3.63, 3.8) is 0 Å². The Hall–Kier alpha value is -1.49. The van der Waals surface area contributed by atoms with Crippen molar-refractivity contribution in [2.75, 3.05) is 6.61 Å². The fraction of sp³-hybridized carbons (Fsp3) is 0.368. The molecule has 2 aromatic rings. The molecule has 0 heterocycles. The molecule has 0 bridgehead atoms. The molecule has 2 rings (SSSR count). The normalized spacial score (nSPS) is 13.1. The third-order valence-corrected chi connectivity index (χ3v) is 5.07. The van der Waals surface area contributed by atoms with E-state index in [1.54, 1.807) is 0 Å². The van der Waals surface area contributed by atoms with E-state index in [4.69, 9.17) is 13.6 Å². The lowest BCUT2D eigenvalue weighted by atomic mass is 10.1. The molecule has 136 valence electrons. The summed E-state index contributed by atoms with van der Waals surface area (Å²) in [7, 11) is -3.84. The Balaban J connectivity index is 2.07. The summed E-state index contributed by atoms with van der Waals surface area (Å²) in [6.45, 7) is 3.69. The average Bonchev–Trinajstić information content (AvgIpc) is 2.64. The Morgan fingerprint density at radius 3 is 1.68 bits per heavy atom. The largest absolute Gasteiger partial charge is 0.475 e. The minimum absolute atomic E-state index is 0.0287. The quantitative estimate of drug-likeness (QED) is 0.626. The first-order chi connectivity index (χ1) is 12.0. The van der Waals surface area contributed by atoms with Crippen molar-refractivity contribution >= 4 is 7.82 Å². The Morgan fingerprint density at radius 2 is 1.32 bits per heavy atom. The maximum atomic E-state index is 13.1. The fourth-order valence-corrected chi connectivity index (χ4v) is 3.54. The van der Waals surface area contributed by atoms with E-state index in [1.165, 1.54) is 0 Å². The summed E-state index contributed by atoms with van der Waals surface area (Å²) in [5.74, 6) is -0.0287. The molecule has 0 saturated carbocycles. The predicted molar refractivity (Wildman–Crippen MR) is 96.9 cm³/mol. The van der Waals surface area contributed by atoms with Crippen molar-refractivity contribution in [2.24, 2.45) is 5.92 Å². The van der Waals surface area contributed by atoms with Gasteiger partial charge in [-0.2, -0.15) is 0 Å². The number of phosphoric acid groups is 1. The maximum absolute atomic E-state index is 13.1. The van der Waals surface area contributed by atoms with Crippen molar-refractivity contribution in [3.05, 3.63) is 71.8 Å². The molecular formula is C19H25O5P. The molecule has 25 heavy (non-hydrogen) atoms. The van der Waals surface area contributed by atoms with Gasteiger partial charge in [-0.1, -0.05) is 74.5 Å². The first-order valence-electron chi connectivity index (χ1n) is 8.28. The van der Waals surface area contributed by atoms with Crippen LogP contribution in [0.1, 0.15) is 25.0 Å². The molecule has 0 spiro atoms. The van der Waals surface area contributed by atoms with Gasteiger partial charge in [0.2, 0.25) is 0 Å². The van der Waals surface area contributed by atoms with Gasteiger partial charge in [-0.25, -0.2) is 4.57 Å². The molecule has 0 fully saturated rings. The standard InChI is InChI=1S/C19H25O5P/c1-16(2)19(13-20)24-25(21,22-14-17-9-5-3-6-10-17)23-15-18-11-7-4-8-12-18/h3-12,16,19-20H,13-15H2,1-2H3. The Morgan fingerprint density at radius 1 is 0.880 bits per heavy atom. The molecule has 0 saturated heterocycles. The second-order valence-corrected chi connectivity index (χ2v) is 7.66. The summed E-state index contributed by atoms with van der Waals surface area (Å²) >= 11 is 0. The van der Waals surface area contributed by atoms with Crippen LogP contribution in [-0.4, -0.2) is 17.8 Å². The van der Waals surface area contributed by atoms with Crippen LogP contribution in [0.15, 0.2) is 60.7 Å². The van der Waals surface area contributed by atoms with E-state index in [0.29, 0.717) is 0 Å². The van der Waals surface area contributed by atoms with Crippen molar-refractivity contribution < 1.29 is 23.2 Å². The number of hydrogen-bond donors (Lipinski definition) is 1. The van der Waals surface area contributed by atoms with Crippen LogP contribution in [0.3, 0.4) is 0 Å². The van der Waals surface area contributed by atoms with E-state index in [9.17, 15) is 9.67 Å². The molecular weight excluding hydrogens is 339 g/mol. The summed E-state index contributed by atoms with van der Waals surface area (Å²) in [6.07, 6.45) is -0.627. The second-order valence-electron chi connectivity index (χ2n) is 6.04. The van der Waals surface area contributed by atoms with Crippen LogP contribution in [0.4, 0.5) is 0 Å². The molecule has 0 amide bonds. The SMILES string of the molecule is CC(C)C(CO)OP(=O)(OCc1ccccc1)OCc1ccccc1. The topological polar surface area (TPSA) is 65.0 Å². The molecule has 0 aliphatic heterocycles. The van der Waals surface area contributed by atoms with E-state index in [0.717, 1.165) is 11.1 Å². The fourth-order valence-electron chi connectivity index (χ4n) is 2.09. The highest BCUT2D eigenvalue weighted by Gasteiger charge is 2.32. The zero-order valence-corrected chi connectivity index (χ0v) is 15.5. The summed E-state index contributed by atoms with van der Waals surface area (Å²) in [5, 5.41) is 9.47. The summed E-state index contributed by atoms with van der Waals surface area (Å²) in [4.78, 5) is 0. The van der Waals surface area contributed by atoms with E-state index in [2.05, 4.69) is 0 Å². The molecule has 1 atom stereocenters. The summed E-state index contributed by atoms with van der Waals surface area (Å²) in [5.41, 5.74) is 1.72. The first kappa shape index (κ1) is 19.8. The van der Waals surface area contributed by atoms with Crippen LogP contribution >= 0.6 is 7.82 Å². The van der Waals surface area contributed by atoms with Crippen molar-refractivity contribution in [3.8, 4) is 0 Å². The molecule has 0 radical (unpaired) electrons. The monoisotopic (exact) mass is 364 g/mol. The van der Waals surface area contributed by atoms with Gasteiger partial charge in [-0.05, 0) is 17.0 Å². The van der Waals surface area contributed by atoms with E-state index >= 15 is 0 Å². The number of hydrogen-bond acceptors (Lipinski definition) is 5. The van der Waals surface area contributed by atoms with Crippen molar-refractivity contribution in [1.29, 1.82) is 0 Å². The number of aliphatic hydroxyl groups is 1. The molecule has 5 nitrogen and oxygen atoms in total. The number of rotatable bonds is 10. The van der Waals surface area contributed by atoms with Gasteiger partial charge in [0.05, 0.1) is 25.9 Å². The van der Waals surface area contributed by atoms with E-state index < -0.39 is 13.9 Å². The van der Waals surface area contributed by atoms with Gasteiger partial charge in [0.1, 0.15) is 0 Å². The van der Waals surface area contributed by atoms with E-state index in [-0.39, 0.29) is 25.7 Å². The minimum Gasteiger partial charge on any atom is -0.394 e. The van der Waals surface area contributed by atoms with Crippen LogP contribution in [0, 0.1) is 5.92 Å². The highest BCUT2D eigenvalue weighted by molar-refractivity contribution is 7.48. The molecule has 1 N–H and O–H groups in total. The van der Waals surface area contributed by atoms with Gasteiger partial charge < -0.3 is 5.11 Å². The summed E-state index contributed by atoms with van der Waals surface area (Å²) in [6, 6.07) is 18.8. The van der Waals surface area contributed by atoms with Crippen molar-refractivity contribution in [1.82, 2.24) is 0 Å². The third-order valence-electron chi connectivity index (χ3n) is 3.65. The van der Waals surface area contributed by atoms with Gasteiger partial charge in [0.15, 0.2) is 0 Å². The molecule has 0 aromatic heterocycles. The molecule has 0 aliphatic rings. The zero-order valence-electron chi connectivity index (χ0n) is 14.6. The highest BCUT2D eigenvalue weighted by Crippen LogP contribution is 2.52. The van der Waals surface area contributed by atoms with Crippen LogP contribution in [0.5, 0.6) is 0 Å².